The van der Waals surface area contributed by atoms with E-state index >= 15 is 0 Å². The van der Waals surface area contributed by atoms with Crippen molar-refractivity contribution in [2.75, 3.05) is 39.4 Å². The molecule has 0 saturated carbocycles. The van der Waals surface area contributed by atoms with E-state index in [0.29, 0.717) is 30.6 Å². The number of rotatable bonds is 10. The van der Waals surface area contributed by atoms with E-state index in [4.69, 9.17) is 9.29 Å². The van der Waals surface area contributed by atoms with E-state index in [1.54, 1.807) is 0 Å². The summed E-state index contributed by atoms with van der Waals surface area (Å²) in [6.45, 7) is 8.80. The van der Waals surface area contributed by atoms with E-state index in [-0.39, 0.29) is 12.6 Å². The SMILES string of the molecule is CC[N+](CC)(CCCOS(=O)(=O)O)CCOC(C)=O. The maximum atomic E-state index is 10.7. The molecule has 0 aromatic carbocycles. The lowest BCUT2D eigenvalue weighted by Gasteiger charge is -2.36. The fraction of sp³-hybridized carbons (Fsp3) is 0.909. The van der Waals surface area contributed by atoms with Crippen LogP contribution in [0, 0.1) is 0 Å². The maximum absolute atomic E-state index is 10.7. The number of hydrogen-bond acceptors (Lipinski definition) is 5. The average molecular weight is 298 g/mol. The van der Waals surface area contributed by atoms with Crippen LogP contribution < -0.4 is 0 Å². The normalized spacial score (nSPS) is 12.4. The van der Waals surface area contributed by atoms with Crippen LogP contribution >= 0.6 is 0 Å². The Morgan fingerprint density at radius 3 is 2.16 bits per heavy atom. The molecule has 19 heavy (non-hydrogen) atoms. The molecule has 0 aromatic rings. The van der Waals surface area contributed by atoms with Crippen molar-refractivity contribution in [3.05, 3.63) is 0 Å². The molecule has 0 fully saturated rings. The van der Waals surface area contributed by atoms with Crippen molar-refractivity contribution in [1.82, 2.24) is 0 Å². The third-order valence-corrected chi connectivity index (χ3v) is 3.69. The summed E-state index contributed by atoms with van der Waals surface area (Å²) < 4.78 is 39.2. The summed E-state index contributed by atoms with van der Waals surface area (Å²) in [7, 11) is -4.36. The summed E-state index contributed by atoms with van der Waals surface area (Å²) in [5.74, 6) is -0.306. The van der Waals surface area contributed by atoms with Gasteiger partial charge in [-0.1, -0.05) is 0 Å². The minimum atomic E-state index is -4.36. The lowest BCUT2D eigenvalue weighted by atomic mass is 10.3. The lowest BCUT2D eigenvalue weighted by molar-refractivity contribution is -0.925. The summed E-state index contributed by atoms with van der Waals surface area (Å²) in [6, 6.07) is 0. The van der Waals surface area contributed by atoms with Crippen molar-refractivity contribution in [3.63, 3.8) is 0 Å². The topological polar surface area (TPSA) is 89.9 Å². The molecule has 1 N–H and O–H groups in total. The van der Waals surface area contributed by atoms with Crippen molar-refractivity contribution in [3.8, 4) is 0 Å². The quantitative estimate of drug-likeness (QED) is 0.275. The van der Waals surface area contributed by atoms with Crippen molar-refractivity contribution in [2.45, 2.75) is 27.2 Å². The van der Waals surface area contributed by atoms with Gasteiger partial charge in [-0.15, -0.1) is 0 Å². The largest absolute Gasteiger partial charge is 0.460 e. The Labute approximate surface area is 115 Å². The molecule has 7 nitrogen and oxygen atoms in total. The van der Waals surface area contributed by atoms with Crippen LogP contribution in [0.15, 0.2) is 0 Å². The van der Waals surface area contributed by atoms with Crippen LogP contribution in [0.3, 0.4) is 0 Å². The van der Waals surface area contributed by atoms with Crippen LogP contribution in [0.4, 0.5) is 0 Å². The van der Waals surface area contributed by atoms with Crippen LogP contribution in [0.2, 0.25) is 0 Å². The van der Waals surface area contributed by atoms with Gasteiger partial charge in [0, 0.05) is 13.3 Å². The number of quaternary nitrogens is 1. The third kappa shape index (κ3) is 8.93. The van der Waals surface area contributed by atoms with Gasteiger partial charge in [-0.05, 0) is 13.8 Å². The Kier molecular flexibility index (Phi) is 8.15. The highest BCUT2D eigenvalue weighted by Crippen LogP contribution is 2.08. The predicted octanol–water partition coefficient (Wildman–Crippen LogP) is 0.616. The highest BCUT2D eigenvalue weighted by Gasteiger charge is 2.23. The lowest BCUT2D eigenvalue weighted by Crippen LogP contribution is -2.50. The monoisotopic (exact) mass is 298 g/mol. The molecule has 0 aliphatic heterocycles. The highest BCUT2D eigenvalue weighted by molar-refractivity contribution is 7.80. The van der Waals surface area contributed by atoms with Gasteiger partial charge in [-0.3, -0.25) is 9.35 Å². The summed E-state index contributed by atoms with van der Waals surface area (Å²) >= 11 is 0. The molecule has 0 saturated heterocycles. The Hall–Kier alpha value is -0.700. The second-order valence-corrected chi connectivity index (χ2v) is 5.46. The van der Waals surface area contributed by atoms with Crippen molar-refractivity contribution >= 4 is 16.4 Å². The molecule has 0 aromatic heterocycles. The van der Waals surface area contributed by atoms with Gasteiger partial charge in [-0.2, -0.15) is 8.42 Å². The summed E-state index contributed by atoms with van der Waals surface area (Å²) in [5.41, 5.74) is 0. The molecular weight excluding hydrogens is 274 g/mol. The van der Waals surface area contributed by atoms with Crippen molar-refractivity contribution in [1.29, 1.82) is 0 Å². The number of ether oxygens (including phenoxy) is 1. The Bertz CT molecular complexity index is 363. The van der Waals surface area contributed by atoms with Gasteiger partial charge < -0.3 is 9.22 Å². The molecule has 0 unspecified atom stereocenters. The number of carbonyl (C=O) groups is 1. The minimum absolute atomic E-state index is 0.0492. The second kappa shape index (κ2) is 8.47. The van der Waals surface area contributed by atoms with Crippen molar-refractivity contribution < 1.29 is 31.2 Å². The number of hydrogen-bond donors (Lipinski definition) is 1. The van der Waals surface area contributed by atoms with Gasteiger partial charge in [-0.25, -0.2) is 4.18 Å². The average Bonchev–Trinajstić information content (AvgIpc) is 2.31. The first kappa shape index (κ1) is 18.3. The van der Waals surface area contributed by atoms with E-state index < -0.39 is 10.4 Å². The Morgan fingerprint density at radius 2 is 1.74 bits per heavy atom. The van der Waals surface area contributed by atoms with Gasteiger partial charge in [0.05, 0.1) is 26.2 Å². The van der Waals surface area contributed by atoms with E-state index in [2.05, 4.69) is 4.18 Å². The number of likely N-dealkylation sites (N-methyl/N-ethyl adjacent to an activating group) is 1. The summed E-state index contributed by atoms with van der Waals surface area (Å²) in [4.78, 5) is 10.7. The first-order valence-electron chi connectivity index (χ1n) is 6.35. The van der Waals surface area contributed by atoms with Gasteiger partial charge in [0.15, 0.2) is 0 Å². The van der Waals surface area contributed by atoms with Gasteiger partial charge in [0.1, 0.15) is 13.2 Å². The van der Waals surface area contributed by atoms with Crippen molar-refractivity contribution in [2.24, 2.45) is 0 Å². The Balaban J connectivity index is 4.18. The van der Waals surface area contributed by atoms with Crippen LogP contribution in [0.25, 0.3) is 0 Å². The maximum Gasteiger partial charge on any atom is 0.397 e. The van der Waals surface area contributed by atoms with Gasteiger partial charge in [0.2, 0.25) is 0 Å². The smallest absolute Gasteiger partial charge is 0.397 e. The molecule has 0 heterocycles. The first-order chi connectivity index (χ1) is 8.74. The number of carbonyl (C=O) groups excluding carboxylic acids is 1. The van der Waals surface area contributed by atoms with Crippen LogP contribution in [-0.2, 0) is 24.1 Å². The molecule has 0 aliphatic carbocycles. The zero-order chi connectivity index (χ0) is 14.9. The highest BCUT2D eigenvalue weighted by atomic mass is 32.3. The van der Waals surface area contributed by atoms with E-state index in [1.165, 1.54) is 6.92 Å². The molecule has 0 radical (unpaired) electrons. The molecule has 0 aliphatic rings. The van der Waals surface area contributed by atoms with Crippen LogP contribution in [0.5, 0.6) is 0 Å². The third-order valence-electron chi connectivity index (χ3n) is 3.22. The fourth-order valence-electron chi connectivity index (χ4n) is 1.92. The van der Waals surface area contributed by atoms with Gasteiger partial charge in [0.25, 0.3) is 0 Å². The Morgan fingerprint density at radius 1 is 1.16 bits per heavy atom. The standard InChI is InChI=1S/C11H23NO6S/c1-4-12(5-2,8-10-17-11(3)13)7-6-9-18-19(14,15)16/h4-10H2,1-3H3/p+1. The molecule has 0 spiro atoms. The summed E-state index contributed by atoms with van der Waals surface area (Å²) in [6.07, 6.45) is 0.502. The number of esters is 1. The molecule has 114 valence electrons. The van der Waals surface area contributed by atoms with Crippen LogP contribution in [0.1, 0.15) is 27.2 Å². The van der Waals surface area contributed by atoms with E-state index in [1.807, 2.05) is 13.8 Å². The minimum Gasteiger partial charge on any atom is -0.460 e. The summed E-state index contributed by atoms with van der Waals surface area (Å²) in [5, 5.41) is 0. The zero-order valence-corrected chi connectivity index (χ0v) is 12.6. The second-order valence-electron chi connectivity index (χ2n) is 4.36. The zero-order valence-electron chi connectivity index (χ0n) is 11.8. The number of nitrogens with zero attached hydrogens (tertiary/aromatic N) is 1. The molecule has 0 bridgehead atoms. The molecule has 8 heteroatoms. The van der Waals surface area contributed by atoms with Crippen LogP contribution in [-0.4, -0.2) is 62.8 Å². The molecule has 0 atom stereocenters. The van der Waals surface area contributed by atoms with E-state index in [9.17, 15) is 13.2 Å². The van der Waals surface area contributed by atoms with E-state index in [0.717, 1.165) is 13.1 Å². The first-order valence-corrected chi connectivity index (χ1v) is 7.71. The molecule has 0 rings (SSSR count). The fourth-order valence-corrected chi connectivity index (χ4v) is 2.24. The molecular formula is C11H24NO6S+. The van der Waals surface area contributed by atoms with Gasteiger partial charge >= 0.3 is 16.4 Å². The molecule has 0 amide bonds. The predicted molar refractivity (Wildman–Crippen MR) is 69.8 cm³/mol.